The minimum atomic E-state index is 0.735. The molecule has 4 heteroatoms. The van der Waals surface area contributed by atoms with Crippen LogP contribution in [0.2, 0.25) is 0 Å². The molecule has 2 heterocycles. The number of fused-ring (bicyclic) bond motifs is 1. The second-order valence-corrected chi connectivity index (χ2v) is 3.07. The van der Waals surface area contributed by atoms with Crippen LogP contribution < -0.4 is 9.80 Å². The normalized spacial score (nSPS) is 15.5. The van der Waals surface area contributed by atoms with Crippen LogP contribution >= 0.6 is 0 Å². The van der Waals surface area contributed by atoms with Crippen LogP contribution in [0.25, 0.3) is 0 Å². The molecule has 1 amide bonds. The molecule has 0 saturated heterocycles. The molecule has 0 fully saturated rings. The van der Waals surface area contributed by atoms with E-state index in [2.05, 4.69) is 9.88 Å². The van der Waals surface area contributed by atoms with Crippen molar-refractivity contribution in [2.75, 3.05) is 29.9 Å². The van der Waals surface area contributed by atoms with E-state index in [0.29, 0.717) is 0 Å². The molecule has 13 heavy (non-hydrogen) atoms. The summed E-state index contributed by atoms with van der Waals surface area (Å²) < 4.78 is 0. The molecule has 4 nitrogen and oxygen atoms in total. The maximum atomic E-state index is 10.7. The summed E-state index contributed by atoms with van der Waals surface area (Å²) in [6.45, 7) is 1.57. The fraction of sp³-hybridized carbons (Fsp3) is 0.333. The van der Waals surface area contributed by atoms with E-state index in [0.717, 1.165) is 31.0 Å². The lowest BCUT2D eigenvalue weighted by atomic mass is 10.2. The molecule has 68 valence electrons. The Balaban J connectivity index is 2.47. The Hall–Kier alpha value is -1.58. The quantitative estimate of drug-likeness (QED) is 0.586. The number of aromatic nitrogens is 1. The summed E-state index contributed by atoms with van der Waals surface area (Å²) in [5.41, 5.74) is 0.895. The van der Waals surface area contributed by atoms with Gasteiger partial charge in [-0.05, 0) is 12.1 Å². The van der Waals surface area contributed by atoms with Crippen LogP contribution in [-0.4, -0.2) is 31.5 Å². The molecule has 1 aliphatic heterocycles. The molecule has 0 radical (unpaired) electrons. The van der Waals surface area contributed by atoms with E-state index in [1.54, 1.807) is 11.1 Å². The highest BCUT2D eigenvalue weighted by Crippen LogP contribution is 2.27. The van der Waals surface area contributed by atoms with Gasteiger partial charge in [-0.15, -0.1) is 0 Å². The topological polar surface area (TPSA) is 36.4 Å². The van der Waals surface area contributed by atoms with Crippen molar-refractivity contribution in [3.05, 3.63) is 18.3 Å². The van der Waals surface area contributed by atoms with Gasteiger partial charge in [0.05, 0.1) is 5.69 Å². The van der Waals surface area contributed by atoms with Gasteiger partial charge in [0, 0.05) is 26.3 Å². The highest BCUT2D eigenvalue weighted by Gasteiger charge is 2.19. The predicted molar refractivity (Wildman–Crippen MR) is 50.9 cm³/mol. The highest BCUT2D eigenvalue weighted by molar-refractivity contribution is 5.83. The second kappa shape index (κ2) is 3.05. The van der Waals surface area contributed by atoms with Gasteiger partial charge in [-0.25, -0.2) is 4.98 Å². The predicted octanol–water partition coefficient (Wildman–Crippen LogP) is 0.494. The second-order valence-electron chi connectivity index (χ2n) is 3.07. The molecule has 0 aromatic carbocycles. The van der Waals surface area contributed by atoms with Crippen molar-refractivity contribution < 1.29 is 4.79 Å². The maximum absolute atomic E-state index is 10.7. The highest BCUT2D eigenvalue weighted by atomic mass is 16.1. The molecule has 0 saturated carbocycles. The number of hydrogen-bond donors (Lipinski definition) is 0. The summed E-state index contributed by atoms with van der Waals surface area (Å²) in [5.74, 6) is 0.876. The first kappa shape index (κ1) is 8.04. The Labute approximate surface area is 76.8 Å². The van der Waals surface area contributed by atoms with Crippen molar-refractivity contribution in [3.8, 4) is 0 Å². The van der Waals surface area contributed by atoms with Gasteiger partial charge in [-0.1, -0.05) is 0 Å². The first-order chi connectivity index (χ1) is 6.33. The molecule has 2 rings (SSSR count). The molecular formula is C9H11N3O. The van der Waals surface area contributed by atoms with Crippen molar-refractivity contribution in [2.45, 2.75) is 0 Å². The van der Waals surface area contributed by atoms with E-state index in [1.807, 2.05) is 19.2 Å². The summed E-state index contributed by atoms with van der Waals surface area (Å²) in [4.78, 5) is 18.7. The Morgan fingerprint density at radius 3 is 3.15 bits per heavy atom. The minimum absolute atomic E-state index is 0.735. The van der Waals surface area contributed by atoms with Gasteiger partial charge in [0.15, 0.2) is 5.82 Å². The number of pyridine rings is 1. The third-order valence-electron chi connectivity index (χ3n) is 2.24. The molecule has 0 atom stereocenters. The van der Waals surface area contributed by atoms with Crippen LogP contribution in [0.3, 0.4) is 0 Å². The number of amides is 1. The SMILES string of the molecule is CN1CCN(C=O)c2cccnc21. The summed E-state index contributed by atoms with van der Waals surface area (Å²) in [6, 6.07) is 3.75. The van der Waals surface area contributed by atoms with E-state index in [9.17, 15) is 4.79 Å². The number of rotatable bonds is 1. The molecule has 0 spiro atoms. The van der Waals surface area contributed by atoms with Gasteiger partial charge in [0.2, 0.25) is 6.41 Å². The number of hydrogen-bond acceptors (Lipinski definition) is 3. The fourth-order valence-corrected chi connectivity index (χ4v) is 1.50. The summed E-state index contributed by atoms with van der Waals surface area (Å²) >= 11 is 0. The Morgan fingerprint density at radius 2 is 2.38 bits per heavy atom. The zero-order valence-electron chi connectivity index (χ0n) is 7.47. The monoisotopic (exact) mass is 177 g/mol. The van der Waals surface area contributed by atoms with Crippen LogP contribution in [-0.2, 0) is 4.79 Å². The summed E-state index contributed by atoms with van der Waals surface area (Å²) in [5, 5.41) is 0. The molecule has 0 aliphatic carbocycles. The van der Waals surface area contributed by atoms with Gasteiger partial charge in [-0.3, -0.25) is 4.79 Å². The third kappa shape index (κ3) is 1.24. The average Bonchev–Trinajstić information content (AvgIpc) is 2.19. The number of anilines is 2. The zero-order valence-corrected chi connectivity index (χ0v) is 7.47. The number of likely N-dealkylation sites (N-methyl/N-ethyl adjacent to an activating group) is 1. The molecular weight excluding hydrogens is 166 g/mol. The number of nitrogens with zero attached hydrogens (tertiary/aromatic N) is 3. The molecule has 1 aromatic heterocycles. The molecule has 0 unspecified atom stereocenters. The minimum Gasteiger partial charge on any atom is -0.356 e. The first-order valence-corrected chi connectivity index (χ1v) is 4.21. The molecule has 1 aromatic rings. The summed E-state index contributed by atoms with van der Waals surface area (Å²) in [6.07, 6.45) is 2.59. The van der Waals surface area contributed by atoms with E-state index in [-0.39, 0.29) is 0 Å². The number of carbonyl (C=O) groups excluding carboxylic acids is 1. The van der Waals surface area contributed by atoms with E-state index < -0.39 is 0 Å². The zero-order chi connectivity index (χ0) is 9.26. The third-order valence-corrected chi connectivity index (χ3v) is 2.24. The van der Waals surface area contributed by atoms with Crippen molar-refractivity contribution in [1.29, 1.82) is 0 Å². The van der Waals surface area contributed by atoms with Crippen molar-refractivity contribution in [3.63, 3.8) is 0 Å². The van der Waals surface area contributed by atoms with Crippen LogP contribution in [0.4, 0.5) is 11.5 Å². The van der Waals surface area contributed by atoms with E-state index in [1.165, 1.54) is 0 Å². The standard InChI is InChI=1S/C9H11N3O/c1-11-5-6-12(7-13)8-3-2-4-10-9(8)11/h2-4,7H,5-6H2,1H3. The van der Waals surface area contributed by atoms with Gasteiger partial charge in [-0.2, -0.15) is 0 Å². The Kier molecular flexibility index (Phi) is 1.88. The number of carbonyl (C=O) groups is 1. The lowest BCUT2D eigenvalue weighted by Gasteiger charge is -2.31. The molecule has 1 aliphatic rings. The van der Waals surface area contributed by atoms with Gasteiger partial charge in [0.1, 0.15) is 0 Å². The van der Waals surface area contributed by atoms with Crippen LogP contribution in [0.15, 0.2) is 18.3 Å². The lowest BCUT2D eigenvalue weighted by molar-refractivity contribution is -0.107. The fourth-order valence-electron chi connectivity index (χ4n) is 1.50. The van der Waals surface area contributed by atoms with Crippen LogP contribution in [0.5, 0.6) is 0 Å². The van der Waals surface area contributed by atoms with Crippen molar-refractivity contribution in [2.24, 2.45) is 0 Å². The largest absolute Gasteiger partial charge is 0.356 e. The molecule has 0 bridgehead atoms. The Morgan fingerprint density at radius 1 is 1.54 bits per heavy atom. The smallest absolute Gasteiger partial charge is 0.214 e. The average molecular weight is 177 g/mol. The van der Waals surface area contributed by atoms with Gasteiger partial charge >= 0.3 is 0 Å². The van der Waals surface area contributed by atoms with E-state index in [4.69, 9.17) is 0 Å². The van der Waals surface area contributed by atoms with Crippen LogP contribution in [0, 0.1) is 0 Å². The summed E-state index contributed by atoms with van der Waals surface area (Å²) in [7, 11) is 1.98. The lowest BCUT2D eigenvalue weighted by Crippen LogP contribution is -2.38. The maximum Gasteiger partial charge on any atom is 0.214 e. The van der Waals surface area contributed by atoms with Crippen molar-refractivity contribution in [1.82, 2.24) is 4.98 Å². The van der Waals surface area contributed by atoms with Gasteiger partial charge < -0.3 is 9.80 Å². The van der Waals surface area contributed by atoms with Crippen molar-refractivity contribution >= 4 is 17.9 Å². The first-order valence-electron chi connectivity index (χ1n) is 4.21. The molecule has 0 N–H and O–H groups in total. The Bertz CT molecular complexity index is 326. The van der Waals surface area contributed by atoms with Gasteiger partial charge in [0.25, 0.3) is 0 Å². The van der Waals surface area contributed by atoms with Crippen LogP contribution in [0.1, 0.15) is 0 Å². The van der Waals surface area contributed by atoms with E-state index >= 15 is 0 Å².